The summed E-state index contributed by atoms with van der Waals surface area (Å²) in [5, 5.41) is 2.60. The first-order valence-corrected chi connectivity index (χ1v) is 8.25. The molecular weight excluding hydrogens is 376 g/mol. The van der Waals surface area contributed by atoms with E-state index in [1.54, 1.807) is 0 Å². The summed E-state index contributed by atoms with van der Waals surface area (Å²) in [4.78, 5) is 0.210. The van der Waals surface area contributed by atoms with Gasteiger partial charge in [0.2, 0.25) is 0 Å². The van der Waals surface area contributed by atoms with Crippen molar-refractivity contribution in [3.63, 3.8) is 0 Å². The van der Waals surface area contributed by atoms with Gasteiger partial charge in [-0.2, -0.15) is 0 Å². The summed E-state index contributed by atoms with van der Waals surface area (Å²) in [7, 11) is 0. The third-order valence-corrected chi connectivity index (χ3v) is 5.12. The van der Waals surface area contributed by atoms with Crippen molar-refractivity contribution in [3.05, 3.63) is 81.8 Å². The number of alkyl halides is 1. The molecule has 20 heavy (non-hydrogen) atoms. The standard InChI is InChI=1S/C18H14Br2/c1-12-6-7-13-4-2-3-5-16(13)17(12)18(20)14-8-10-15(19)11-9-14/h2-11,18H,1H3. The fourth-order valence-corrected chi connectivity index (χ4v) is 3.72. The van der Waals surface area contributed by atoms with Gasteiger partial charge in [0.15, 0.2) is 0 Å². The van der Waals surface area contributed by atoms with Crippen LogP contribution in [0.15, 0.2) is 65.1 Å². The fraction of sp³-hybridized carbons (Fsp3) is 0.111. The molecular formula is C18H14Br2. The number of aryl methyl sites for hydroxylation is 1. The molecule has 0 aliphatic carbocycles. The van der Waals surface area contributed by atoms with Crippen molar-refractivity contribution < 1.29 is 0 Å². The van der Waals surface area contributed by atoms with Crippen LogP contribution in [-0.4, -0.2) is 0 Å². The molecule has 2 heteroatoms. The van der Waals surface area contributed by atoms with Gasteiger partial charge in [-0.1, -0.05) is 80.4 Å². The summed E-state index contributed by atoms with van der Waals surface area (Å²) in [6.07, 6.45) is 0. The van der Waals surface area contributed by atoms with Gasteiger partial charge in [-0.25, -0.2) is 0 Å². The molecule has 0 bridgehead atoms. The SMILES string of the molecule is Cc1ccc2ccccc2c1C(Br)c1ccc(Br)cc1. The Hall–Kier alpha value is -1.12. The summed E-state index contributed by atoms with van der Waals surface area (Å²) >= 11 is 7.37. The molecule has 0 aliphatic heterocycles. The minimum Gasteiger partial charge on any atom is -0.0786 e. The average Bonchev–Trinajstić information content (AvgIpc) is 2.47. The first kappa shape index (κ1) is 13.8. The van der Waals surface area contributed by atoms with Gasteiger partial charge in [-0.3, -0.25) is 0 Å². The third kappa shape index (κ3) is 2.55. The van der Waals surface area contributed by atoms with Crippen LogP contribution in [0, 0.1) is 6.92 Å². The molecule has 0 aliphatic rings. The Kier molecular flexibility index (Phi) is 3.95. The molecule has 0 aromatic heterocycles. The fourth-order valence-electron chi connectivity index (χ4n) is 2.54. The highest BCUT2D eigenvalue weighted by molar-refractivity contribution is 9.10. The molecule has 3 rings (SSSR count). The summed E-state index contributed by atoms with van der Waals surface area (Å²) in [5.74, 6) is 0. The third-order valence-electron chi connectivity index (χ3n) is 3.60. The second-order valence-electron chi connectivity index (χ2n) is 4.93. The van der Waals surface area contributed by atoms with Crippen molar-refractivity contribution in [2.75, 3.05) is 0 Å². The van der Waals surface area contributed by atoms with E-state index in [9.17, 15) is 0 Å². The van der Waals surface area contributed by atoms with Crippen LogP contribution >= 0.6 is 31.9 Å². The molecule has 0 N–H and O–H groups in total. The van der Waals surface area contributed by atoms with Gasteiger partial charge in [-0.15, -0.1) is 0 Å². The molecule has 0 nitrogen and oxygen atoms in total. The highest BCUT2D eigenvalue weighted by Gasteiger charge is 2.15. The van der Waals surface area contributed by atoms with Crippen LogP contribution in [0.2, 0.25) is 0 Å². The molecule has 1 unspecified atom stereocenters. The lowest BCUT2D eigenvalue weighted by Crippen LogP contribution is -1.97. The predicted octanol–water partition coefficient (Wildman–Crippen LogP) is 6.40. The van der Waals surface area contributed by atoms with E-state index >= 15 is 0 Å². The van der Waals surface area contributed by atoms with Crippen LogP contribution in [-0.2, 0) is 0 Å². The maximum atomic E-state index is 3.88. The van der Waals surface area contributed by atoms with Crippen molar-refractivity contribution in [1.29, 1.82) is 0 Å². The Morgan fingerprint density at radius 3 is 2.30 bits per heavy atom. The minimum atomic E-state index is 0.210. The molecule has 3 aromatic carbocycles. The minimum absolute atomic E-state index is 0.210. The molecule has 0 spiro atoms. The van der Waals surface area contributed by atoms with E-state index in [2.05, 4.69) is 99.4 Å². The molecule has 0 saturated carbocycles. The summed E-state index contributed by atoms with van der Waals surface area (Å²) < 4.78 is 1.11. The lowest BCUT2D eigenvalue weighted by Gasteiger charge is -2.17. The second-order valence-corrected chi connectivity index (χ2v) is 6.76. The highest BCUT2D eigenvalue weighted by Crippen LogP contribution is 2.37. The first-order chi connectivity index (χ1) is 9.66. The van der Waals surface area contributed by atoms with Gasteiger partial charge in [0.1, 0.15) is 0 Å². The highest BCUT2D eigenvalue weighted by atomic mass is 79.9. The molecule has 1 atom stereocenters. The van der Waals surface area contributed by atoms with E-state index in [-0.39, 0.29) is 4.83 Å². The monoisotopic (exact) mass is 388 g/mol. The zero-order valence-electron chi connectivity index (χ0n) is 11.1. The van der Waals surface area contributed by atoms with E-state index in [4.69, 9.17) is 0 Å². The van der Waals surface area contributed by atoms with E-state index in [0.29, 0.717) is 0 Å². The number of hydrogen-bond acceptors (Lipinski definition) is 0. The molecule has 0 radical (unpaired) electrons. The lowest BCUT2D eigenvalue weighted by molar-refractivity contribution is 1.16. The smallest absolute Gasteiger partial charge is 0.0653 e. The van der Waals surface area contributed by atoms with Gasteiger partial charge >= 0.3 is 0 Å². The Bertz CT molecular complexity index is 745. The van der Waals surface area contributed by atoms with Crippen LogP contribution in [0.4, 0.5) is 0 Å². The van der Waals surface area contributed by atoms with E-state index in [1.165, 1.54) is 27.5 Å². The van der Waals surface area contributed by atoms with Gasteiger partial charge in [-0.05, 0) is 46.5 Å². The summed E-state index contributed by atoms with van der Waals surface area (Å²) in [6.45, 7) is 2.18. The number of rotatable bonds is 2. The molecule has 0 fully saturated rings. The van der Waals surface area contributed by atoms with Crippen molar-refractivity contribution in [2.24, 2.45) is 0 Å². The van der Waals surface area contributed by atoms with Gasteiger partial charge in [0, 0.05) is 4.47 Å². The molecule has 0 heterocycles. The Morgan fingerprint density at radius 2 is 1.55 bits per heavy atom. The van der Waals surface area contributed by atoms with Crippen LogP contribution in [0.25, 0.3) is 10.8 Å². The van der Waals surface area contributed by atoms with E-state index < -0.39 is 0 Å². The topological polar surface area (TPSA) is 0 Å². The number of fused-ring (bicyclic) bond motifs is 1. The maximum Gasteiger partial charge on any atom is 0.0653 e. The van der Waals surface area contributed by atoms with E-state index in [0.717, 1.165) is 4.47 Å². The normalized spacial score (nSPS) is 12.6. The van der Waals surface area contributed by atoms with E-state index in [1.807, 2.05) is 0 Å². The zero-order chi connectivity index (χ0) is 14.1. The van der Waals surface area contributed by atoms with Crippen molar-refractivity contribution in [3.8, 4) is 0 Å². The number of hydrogen-bond donors (Lipinski definition) is 0. The van der Waals surface area contributed by atoms with Crippen molar-refractivity contribution >= 4 is 42.6 Å². The quantitative estimate of drug-likeness (QED) is 0.445. The second kappa shape index (κ2) is 5.71. The Balaban J connectivity index is 2.18. The Labute approximate surface area is 136 Å². The predicted molar refractivity (Wildman–Crippen MR) is 93.6 cm³/mol. The summed E-state index contributed by atoms with van der Waals surface area (Å²) in [6, 6.07) is 21.4. The van der Waals surface area contributed by atoms with Crippen LogP contribution in [0.5, 0.6) is 0 Å². The first-order valence-electron chi connectivity index (χ1n) is 6.54. The maximum absolute atomic E-state index is 3.88. The van der Waals surface area contributed by atoms with Crippen molar-refractivity contribution in [1.82, 2.24) is 0 Å². The number of benzene rings is 3. The van der Waals surface area contributed by atoms with Crippen LogP contribution in [0.1, 0.15) is 21.5 Å². The zero-order valence-corrected chi connectivity index (χ0v) is 14.3. The molecule has 100 valence electrons. The molecule has 0 saturated heterocycles. The van der Waals surface area contributed by atoms with Gasteiger partial charge in [0.05, 0.1) is 4.83 Å². The summed E-state index contributed by atoms with van der Waals surface area (Å²) in [5.41, 5.74) is 3.94. The Morgan fingerprint density at radius 1 is 0.850 bits per heavy atom. The number of halogens is 2. The van der Waals surface area contributed by atoms with Crippen molar-refractivity contribution in [2.45, 2.75) is 11.8 Å². The average molecular weight is 390 g/mol. The van der Waals surface area contributed by atoms with Gasteiger partial charge < -0.3 is 0 Å². The largest absolute Gasteiger partial charge is 0.0786 e. The lowest BCUT2D eigenvalue weighted by atomic mass is 9.94. The van der Waals surface area contributed by atoms with Crippen LogP contribution < -0.4 is 0 Å². The van der Waals surface area contributed by atoms with Crippen LogP contribution in [0.3, 0.4) is 0 Å². The molecule has 0 amide bonds. The van der Waals surface area contributed by atoms with Gasteiger partial charge in [0.25, 0.3) is 0 Å². The molecule has 3 aromatic rings.